The van der Waals surface area contributed by atoms with Gasteiger partial charge in [0.05, 0.1) is 17.9 Å². The van der Waals surface area contributed by atoms with Gasteiger partial charge in [-0.05, 0) is 50.1 Å². The summed E-state index contributed by atoms with van der Waals surface area (Å²) in [6.45, 7) is 2.07. The number of hydrogen-bond donors (Lipinski definition) is 0. The number of anilines is 1. The summed E-state index contributed by atoms with van der Waals surface area (Å²) in [5.41, 5.74) is 1.36. The van der Waals surface area contributed by atoms with Crippen LogP contribution in [0.5, 0.6) is 0 Å². The summed E-state index contributed by atoms with van der Waals surface area (Å²) in [5, 5.41) is 4.15. The first-order chi connectivity index (χ1) is 13.0. The Morgan fingerprint density at radius 1 is 1.19 bits per heavy atom. The normalized spacial score (nSPS) is 23.8. The van der Waals surface area contributed by atoms with Gasteiger partial charge in [0.1, 0.15) is 5.82 Å². The van der Waals surface area contributed by atoms with Crippen molar-refractivity contribution in [2.75, 3.05) is 24.5 Å². The predicted octanol–water partition coefficient (Wildman–Crippen LogP) is 2.26. The zero-order chi connectivity index (χ0) is 19.0. The van der Waals surface area contributed by atoms with E-state index in [-0.39, 0.29) is 29.5 Å². The Morgan fingerprint density at radius 3 is 2.67 bits per heavy atom. The fourth-order valence-corrected chi connectivity index (χ4v) is 4.16. The van der Waals surface area contributed by atoms with E-state index in [1.165, 1.54) is 12.1 Å². The lowest BCUT2D eigenvalue weighted by Crippen LogP contribution is -2.48. The Bertz CT molecular complexity index is 848. The number of aryl methyl sites for hydroxylation is 1. The second kappa shape index (κ2) is 7.23. The highest BCUT2D eigenvalue weighted by Gasteiger charge is 2.39. The van der Waals surface area contributed by atoms with Crippen LogP contribution in [-0.4, -0.2) is 52.0 Å². The van der Waals surface area contributed by atoms with Gasteiger partial charge >= 0.3 is 0 Å². The number of aromatic nitrogens is 2. The standard InChI is InChI=1S/C20H23FN4O2/c1-23-13-17(11-22-23)25-10-8-18(20(25)27)24-9-2-3-15(12-24)19(26)14-4-6-16(21)7-5-14/h4-7,11,13,15,18H,2-3,8-10,12H2,1H3. The average molecular weight is 370 g/mol. The number of Topliss-reactive ketones (excluding diaryl/α,β-unsaturated/α-hetero) is 1. The van der Waals surface area contributed by atoms with E-state index in [9.17, 15) is 14.0 Å². The van der Waals surface area contributed by atoms with Crippen LogP contribution < -0.4 is 4.90 Å². The minimum atomic E-state index is -0.344. The predicted molar refractivity (Wildman–Crippen MR) is 99.0 cm³/mol. The zero-order valence-electron chi connectivity index (χ0n) is 15.3. The van der Waals surface area contributed by atoms with Crippen molar-refractivity contribution in [3.8, 4) is 0 Å². The highest BCUT2D eigenvalue weighted by molar-refractivity contribution is 6.00. The fraction of sp³-hybridized carbons (Fsp3) is 0.450. The lowest BCUT2D eigenvalue weighted by molar-refractivity contribution is -0.122. The number of amides is 1. The quantitative estimate of drug-likeness (QED) is 0.775. The Hall–Kier alpha value is -2.54. The molecule has 3 heterocycles. The first-order valence-corrected chi connectivity index (χ1v) is 9.37. The van der Waals surface area contributed by atoms with Gasteiger partial charge in [0.15, 0.2) is 5.78 Å². The van der Waals surface area contributed by atoms with E-state index in [2.05, 4.69) is 10.00 Å². The number of piperidine rings is 1. The Kier molecular flexibility index (Phi) is 4.78. The van der Waals surface area contributed by atoms with Crippen molar-refractivity contribution < 1.29 is 14.0 Å². The SMILES string of the molecule is Cn1cc(N2CCC(N3CCCC(C(=O)c4ccc(F)cc4)C3)C2=O)cn1. The van der Waals surface area contributed by atoms with Crippen molar-refractivity contribution in [1.29, 1.82) is 0 Å². The molecule has 2 unspecified atom stereocenters. The second-order valence-electron chi connectivity index (χ2n) is 7.37. The number of rotatable bonds is 4. The molecule has 6 nitrogen and oxygen atoms in total. The smallest absolute Gasteiger partial charge is 0.244 e. The van der Waals surface area contributed by atoms with E-state index < -0.39 is 0 Å². The summed E-state index contributed by atoms with van der Waals surface area (Å²) >= 11 is 0. The van der Waals surface area contributed by atoms with Gasteiger partial charge in [-0.2, -0.15) is 5.10 Å². The molecule has 0 radical (unpaired) electrons. The van der Waals surface area contributed by atoms with Gasteiger partial charge in [-0.3, -0.25) is 19.2 Å². The molecule has 1 aromatic heterocycles. The van der Waals surface area contributed by atoms with Crippen LogP contribution in [0.15, 0.2) is 36.7 Å². The molecule has 142 valence electrons. The first kappa shape index (κ1) is 17.9. The number of hydrogen-bond acceptors (Lipinski definition) is 4. The molecule has 2 fully saturated rings. The van der Waals surface area contributed by atoms with Gasteiger partial charge in [0.25, 0.3) is 0 Å². The number of ketones is 1. The van der Waals surface area contributed by atoms with E-state index in [1.54, 1.807) is 27.9 Å². The second-order valence-corrected chi connectivity index (χ2v) is 7.37. The molecule has 2 aliphatic rings. The molecule has 0 bridgehead atoms. The van der Waals surface area contributed by atoms with Gasteiger partial charge in [-0.15, -0.1) is 0 Å². The molecular weight excluding hydrogens is 347 g/mol. The molecule has 2 saturated heterocycles. The molecule has 0 N–H and O–H groups in total. The summed E-state index contributed by atoms with van der Waals surface area (Å²) in [6, 6.07) is 5.54. The van der Waals surface area contributed by atoms with Crippen molar-refractivity contribution >= 4 is 17.4 Å². The molecule has 2 aromatic rings. The molecule has 7 heteroatoms. The molecule has 0 aliphatic carbocycles. The monoisotopic (exact) mass is 370 g/mol. The lowest BCUT2D eigenvalue weighted by Gasteiger charge is -2.35. The number of halogens is 1. The summed E-state index contributed by atoms with van der Waals surface area (Å²) in [7, 11) is 1.83. The third-order valence-electron chi connectivity index (χ3n) is 5.57. The summed E-state index contributed by atoms with van der Waals surface area (Å²) in [4.78, 5) is 29.6. The van der Waals surface area contributed by atoms with Crippen molar-refractivity contribution in [3.63, 3.8) is 0 Å². The van der Waals surface area contributed by atoms with Gasteiger partial charge in [-0.1, -0.05) is 0 Å². The zero-order valence-corrected chi connectivity index (χ0v) is 15.3. The molecule has 1 amide bonds. The van der Waals surface area contributed by atoms with Crippen LogP contribution in [0.3, 0.4) is 0 Å². The van der Waals surface area contributed by atoms with Crippen molar-refractivity contribution in [3.05, 3.63) is 48.0 Å². The topological polar surface area (TPSA) is 58.4 Å². The number of likely N-dealkylation sites (tertiary alicyclic amines) is 1. The Morgan fingerprint density at radius 2 is 1.96 bits per heavy atom. The van der Waals surface area contributed by atoms with Crippen molar-refractivity contribution in [1.82, 2.24) is 14.7 Å². The lowest BCUT2D eigenvalue weighted by atomic mass is 9.89. The van der Waals surface area contributed by atoms with Crippen LogP contribution in [0.2, 0.25) is 0 Å². The van der Waals surface area contributed by atoms with Gasteiger partial charge < -0.3 is 4.90 Å². The first-order valence-electron chi connectivity index (χ1n) is 9.37. The van der Waals surface area contributed by atoms with E-state index in [0.29, 0.717) is 18.7 Å². The number of benzene rings is 1. The van der Waals surface area contributed by atoms with E-state index >= 15 is 0 Å². The van der Waals surface area contributed by atoms with Crippen LogP contribution >= 0.6 is 0 Å². The van der Waals surface area contributed by atoms with E-state index in [1.807, 2.05) is 13.2 Å². The van der Waals surface area contributed by atoms with Gasteiger partial charge in [0, 0.05) is 37.8 Å². The van der Waals surface area contributed by atoms with Gasteiger partial charge in [0.2, 0.25) is 5.91 Å². The minimum absolute atomic E-state index is 0.0364. The van der Waals surface area contributed by atoms with Gasteiger partial charge in [-0.25, -0.2) is 4.39 Å². The maximum atomic E-state index is 13.1. The molecule has 0 spiro atoms. The fourth-order valence-electron chi connectivity index (χ4n) is 4.16. The highest BCUT2D eigenvalue weighted by atomic mass is 19.1. The van der Waals surface area contributed by atoms with Crippen LogP contribution in [0, 0.1) is 11.7 Å². The van der Waals surface area contributed by atoms with Crippen LogP contribution in [-0.2, 0) is 11.8 Å². The maximum absolute atomic E-state index is 13.1. The molecule has 0 saturated carbocycles. The highest BCUT2D eigenvalue weighted by Crippen LogP contribution is 2.28. The molecule has 27 heavy (non-hydrogen) atoms. The molecule has 2 aliphatic heterocycles. The third-order valence-corrected chi connectivity index (χ3v) is 5.57. The Labute approximate surface area is 157 Å². The molecule has 2 atom stereocenters. The number of nitrogens with zero attached hydrogens (tertiary/aromatic N) is 4. The number of carbonyl (C=O) groups excluding carboxylic acids is 2. The largest absolute Gasteiger partial charge is 0.308 e. The van der Waals surface area contributed by atoms with Crippen molar-refractivity contribution in [2.45, 2.75) is 25.3 Å². The molecular formula is C20H23FN4O2. The summed E-state index contributed by atoms with van der Waals surface area (Å²) in [5.74, 6) is -0.375. The maximum Gasteiger partial charge on any atom is 0.244 e. The molecule has 1 aromatic carbocycles. The summed E-state index contributed by atoms with van der Waals surface area (Å²) < 4.78 is 14.8. The third kappa shape index (κ3) is 3.51. The number of carbonyl (C=O) groups is 2. The van der Waals surface area contributed by atoms with Crippen LogP contribution in [0.1, 0.15) is 29.6 Å². The van der Waals surface area contributed by atoms with Crippen molar-refractivity contribution in [2.24, 2.45) is 13.0 Å². The van der Waals surface area contributed by atoms with E-state index in [4.69, 9.17) is 0 Å². The van der Waals surface area contributed by atoms with E-state index in [0.717, 1.165) is 31.5 Å². The van der Waals surface area contributed by atoms with Crippen LogP contribution in [0.25, 0.3) is 0 Å². The molecule has 4 rings (SSSR count). The van der Waals surface area contributed by atoms with Crippen LogP contribution in [0.4, 0.5) is 10.1 Å². The minimum Gasteiger partial charge on any atom is -0.308 e. The Balaban J connectivity index is 1.44. The summed E-state index contributed by atoms with van der Waals surface area (Å²) in [6.07, 6.45) is 5.99. The average Bonchev–Trinajstić information content (AvgIpc) is 3.27.